The normalized spacial score (nSPS) is 13.6. The maximum atomic E-state index is 10.7. The van der Waals surface area contributed by atoms with E-state index < -0.39 is 24.1 Å². The Morgan fingerprint density at radius 2 is 0.636 bits per heavy atom. The van der Waals surface area contributed by atoms with Gasteiger partial charge in [0.1, 0.15) is 0 Å². The topological polar surface area (TPSA) is 98.7 Å². The summed E-state index contributed by atoms with van der Waals surface area (Å²) in [5.74, 6) is -2.23. The van der Waals surface area contributed by atoms with Gasteiger partial charge in [0.05, 0.1) is 24.1 Å². The van der Waals surface area contributed by atoms with Crippen LogP contribution >= 0.6 is 0 Å². The Morgan fingerprint density at radius 1 is 0.400 bits per heavy atom. The Morgan fingerprint density at radius 3 is 0.855 bits per heavy atom. The zero-order valence-electron chi connectivity index (χ0n) is 35.0. The predicted molar refractivity (Wildman–Crippen MR) is 232 cm³/mol. The maximum Gasteiger partial charge on any atom is 2.00 e. The van der Waals surface area contributed by atoms with Crippen molar-refractivity contribution in [3.63, 3.8) is 0 Å². The molecule has 6 nitrogen and oxygen atoms in total. The molecule has 55 heavy (non-hydrogen) atoms. The number of carboxylic acid groups (broad SMARTS) is 2. The molecule has 0 bridgehead atoms. The molecule has 0 aromatic rings. The molecule has 0 aliphatic heterocycles. The van der Waals surface area contributed by atoms with Crippen LogP contribution in [0.3, 0.4) is 0 Å². The molecule has 2 unspecified atom stereocenters. The van der Waals surface area contributed by atoms with Crippen LogP contribution in [0, 0.1) is 0 Å². The Kier molecular flexibility index (Phi) is 50.3. The van der Waals surface area contributed by atoms with Gasteiger partial charge in [0.2, 0.25) is 0 Å². The minimum absolute atomic E-state index is 0. The molecule has 0 heterocycles. The van der Waals surface area contributed by atoms with Crippen molar-refractivity contribution in [1.82, 2.24) is 0 Å². The first-order chi connectivity index (χ1) is 26.4. The molecule has 2 atom stereocenters. The summed E-state index contributed by atoms with van der Waals surface area (Å²) in [7, 11) is 0. The number of hydrogen-bond acceptors (Lipinski definition) is 6. The molecule has 0 spiro atoms. The van der Waals surface area contributed by atoms with Gasteiger partial charge in [-0.05, 0) is 116 Å². The van der Waals surface area contributed by atoms with Gasteiger partial charge in [-0.15, -0.1) is 0 Å². The summed E-state index contributed by atoms with van der Waals surface area (Å²) >= 11 is 0. The van der Waals surface area contributed by atoms with Crippen molar-refractivity contribution in [1.29, 1.82) is 0 Å². The van der Waals surface area contributed by atoms with Crippen molar-refractivity contribution in [2.45, 2.75) is 155 Å². The van der Waals surface area contributed by atoms with E-state index in [2.05, 4.69) is 135 Å². The minimum atomic E-state index is -1.12. The molecule has 7 heteroatoms. The Hall–Kier alpha value is -2.97. The monoisotopic (exact) mass is 771 g/mol. The molecule has 0 amide bonds. The van der Waals surface area contributed by atoms with Crippen molar-refractivity contribution in [2.75, 3.05) is 13.2 Å². The van der Waals surface area contributed by atoms with Crippen LogP contribution in [0.15, 0.2) is 122 Å². The van der Waals surface area contributed by atoms with Crippen molar-refractivity contribution in [2.24, 2.45) is 0 Å². The van der Waals surface area contributed by atoms with Crippen LogP contribution < -0.4 is 10.2 Å². The molecule has 304 valence electrons. The second kappa shape index (κ2) is 49.0. The fourth-order valence-corrected chi connectivity index (χ4v) is 4.62. The number of carbonyl (C=O) groups is 2. The summed E-state index contributed by atoms with van der Waals surface area (Å²) in [6.45, 7) is 8.84. The summed E-state index contributed by atoms with van der Waals surface area (Å²) in [6, 6.07) is 0. The van der Waals surface area contributed by atoms with Gasteiger partial charge in [0.25, 0.3) is 0 Å². The van der Waals surface area contributed by atoms with E-state index in [4.69, 9.17) is 9.47 Å². The number of allylic oxidation sites excluding steroid dienone is 20. The van der Waals surface area contributed by atoms with E-state index in [0.717, 1.165) is 103 Å². The Balaban J connectivity index is -0.000000966. The van der Waals surface area contributed by atoms with Gasteiger partial charge in [-0.1, -0.05) is 149 Å². The summed E-state index contributed by atoms with van der Waals surface area (Å²) in [5, 5.41) is 21.4. The first-order valence-electron chi connectivity index (χ1n) is 20.6. The van der Waals surface area contributed by atoms with Gasteiger partial charge < -0.3 is 29.3 Å². The number of carboxylic acids is 2. The van der Waals surface area contributed by atoms with Crippen LogP contribution in [0.5, 0.6) is 0 Å². The minimum Gasteiger partial charge on any atom is -0.547 e. The number of aliphatic carboxylic acids is 2. The molecule has 0 radical (unpaired) electrons. The number of rotatable bonds is 34. The average Bonchev–Trinajstić information content (AvgIpc) is 3.16. The molecule has 0 saturated carbocycles. The smallest absolute Gasteiger partial charge is 0.547 e. The van der Waals surface area contributed by atoms with E-state index in [1.165, 1.54) is 0 Å². The van der Waals surface area contributed by atoms with E-state index >= 15 is 0 Å². The number of ether oxygens (including phenoxy) is 2. The fraction of sp³-hybridized carbons (Fsp3) is 0.542. The summed E-state index contributed by atoms with van der Waals surface area (Å²) in [4.78, 5) is 21.4. The molecule has 0 aliphatic rings. The zero-order valence-corrected chi connectivity index (χ0v) is 36.4. The SMILES string of the molecule is CCC=CCC=CCC=CCC=CCC=CCCCCOC(CC)C(=O)[O-].CCC=CCC=CCC=CCC=CCC=CCCCCOC(CC)C(=O)[O-].[Mg+2]. The predicted octanol–water partition coefficient (Wildman–Crippen LogP) is 10.5. The van der Waals surface area contributed by atoms with Gasteiger partial charge in [-0.3, -0.25) is 0 Å². The van der Waals surface area contributed by atoms with Crippen LogP contribution in [0.1, 0.15) is 143 Å². The van der Waals surface area contributed by atoms with Crippen LogP contribution in [0.4, 0.5) is 0 Å². The molecule has 0 rings (SSSR count). The average molecular weight is 771 g/mol. The third kappa shape index (κ3) is 47.1. The molecule has 0 saturated heterocycles. The van der Waals surface area contributed by atoms with Gasteiger partial charge in [-0.2, -0.15) is 0 Å². The van der Waals surface area contributed by atoms with Crippen molar-refractivity contribution >= 4 is 35.0 Å². The number of hydrogen-bond donors (Lipinski definition) is 0. The van der Waals surface area contributed by atoms with Crippen molar-refractivity contribution < 1.29 is 29.3 Å². The van der Waals surface area contributed by atoms with Crippen molar-refractivity contribution in [3.05, 3.63) is 122 Å². The third-order valence-corrected chi connectivity index (χ3v) is 7.75. The molecule has 0 aromatic heterocycles. The van der Waals surface area contributed by atoms with E-state index in [0.29, 0.717) is 26.1 Å². The van der Waals surface area contributed by atoms with Crippen LogP contribution in [-0.2, 0) is 19.1 Å². The van der Waals surface area contributed by atoms with Crippen LogP contribution in [0.2, 0.25) is 0 Å². The second-order valence-corrected chi connectivity index (χ2v) is 12.6. The quantitative estimate of drug-likeness (QED) is 0.0367. The zero-order chi connectivity index (χ0) is 40.0. The van der Waals surface area contributed by atoms with E-state index in [1.54, 1.807) is 13.8 Å². The summed E-state index contributed by atoms with van der Waals surface area (Å²) < 4.78 is 10.5. The van der Waals surface area contributed by atoms with E-state index in [9.17, 15) is 19.8 Å². The van der Waals surface area contributed by atoms with Gasteiger partial charge in [-0.25, -0.2) is 0 Å². The molecule has 0 aromatic carbocycles. The Labute approximate surface area is 352 Å². The van der Waals surface area contributed by atoms with Crippen molar-refractivity contribution in [3.8, 4) is 0 Å². The largest absolute Gasteiger partial charge is 2.00 e. The molecule has 0 N–H and O–H groups in total. The molecular formula is C48H74MgO6. The first-order valence-corrected chi connectivity index (χ1v) is 20.6. The molecular weight excluding hydrogens is 697 g/mol. The van der Waals surface area contributed by atoms with Crippen LogP contribution in [0.25, 0.3) is 0 Å². The number of carbonyl (C=O) groups excluding carboxylic acids is 2. The molecule has 0 fully saturated rings. The maximum absolute atomic E-state index is 10.7. The molecule has 0 aliphatic carbocycles. The number of unbranched alkanes of at least 4 members (excludes halogenated alkanes) is 4. The van der Waals surface area contributed by atoms with Gasteiger partial charge >= 0.3 is 23.1 Å². The van der Waals surface area contributed by atoms with Crippen LogP contribution in [-0.4, -0.2) is 60.4 Å². The summed E-state index contributed by atoms with van der Waals surface area (Å²) in [5.41, 5.74) is 0. The third-order valence-electron chi connectivity index (χ3n) is 7.75. The summed E-state index contributed by atoms with van der Waals surface area (Å²) in [6.07, 6.45) is 59.1. The fourth-order valence-electron chi connectivity index (χ4n) is 4.62. The Bertz CT molecular complexity index is 1060. The van der Waals surface area contributed by atoms with E-state index in [-0.39, 0.29) is 23.1 Å². The van der Waals surface area contributed by atoms with Gasteiger partial charge in [0.15, 0.2) is 0 Å². The van der Waals surface area contributed by atoms with E-state index in [1.807, 2.05) is 0 Å². The standard InChI is InChI=1S/2C24H38O3.Mg/c2*1-3-5-6-7-8-9-10-11-12-13-14-15-16-17-18-19-20-21-22-27-23(4-2)24(25)26;/h2*5-6,8-9,11-12,14-15,17-18,23H,3-4,7,10,13,16,19-22H2,1-2H3,(H,25,26);/q;;+2/p-2. The van der Waals surface area contributed by atoms with Gasteiger partial charge in [0, 0.05) is 13.2 Å². The second-order valence-electron chi connectivity index (χ2n) is 12.6. The first kappa shape index (κ1) is 56.4.